The average molecular weight is 381 g/mol. The molecule has 2 amide bonds. The number of para-hydroxylation sites is 1. The van der Waals surface area contributed by atoms with Crippen LogP contribution >= 0.6 is 0 Å². The third-order valence-electron chi connectivity index (χ3n) is 5.00. The summed E-state index contributed by atoms with van der Waals surface area (Å²) in [5.74, 6) is 0.701. The Hall–Kier alpha value is -2.86. The van der Waals surface area contributed by atoms with E-state index < -0.39 is 0 Å². The van der Waals surface area contributed by atoms with Gasteiger partial charge in [-0.05, 0) is 36.7 Å². The Kier molecular flexibility index (Phi) is 6.66. The summed E-state index contributed by atoms with van der Waals surface area (Å²) >= 11 is 0. The lowest BCUT2D eigenvalue weighted by Gasteiger charge is -2.22. The van der Waals surface area contributed by atoms with E-state index in [0.717, 1.165) is 18.7 Å². The number of carbonyl (C=O) groups is 2. The summed E-state index contributed by atoms with van der Waals surface area (Å²) in [5, 5.41) is 2.88. The minimum atomic E-state index is -0.103. The zero-order chi connectivity index (χ0) is 19.9. The van der Waals surface area contributed by atoms with Crippen LogP contribution in [0.25, 0.3) is 0 Å². The minimum absolute atomic E-state index is 0.103. The molecule has 0 aliphatic carbocycles. The highest BCUT2D eigenvalue weighted by Crippen LogP contribution is 2.27. The van der Waals surface area contributed by atoms with Crippen LogP contribution < -0.4 is 15.0 Å². The van der Waals surface area contributed by atoms with E-state index in [1.165, 1.54) is 5.56 Å². The van der Waals surface area contributed by atoms with Crippen molar-refractivity contribution in [3.8, 4) is 5.75 Å². The summed E-state index contributed by atoms with van der Waals surface area (Å²) in [7, 11) is 1.59. The quantitative estimate of drug-likeness (QED) is 0.764. The van der Waals surface area contributed by atoms with Gasteiger partial charge in [0.05, 0.1) is 13.7 Å². The second-order valence-corrected chi connectivity index (χ2v) is 6.82. The van der Waals surface area contributed by atoms with Crippen LogP contribution in [0.2, 0.25) is 0 Å². The number of rotatable bonds is 8. The minimum Gasteiger partial charge on any atom is -0.497 e. The second kappa shape index (κ2) is 9.37. The first-order valence-electron chi connectivity index (χ1n) is 9.65. The van der Waals surface area contributed by atoms with Crippen LogP contribution in [-0.2, 0) is 16.0 Å². The topological polar surface area (TPSA) is 61.9 Å². The molecule has 6 heteroatoms. The normalized spacial score (nSPS) is 12.8. The standard InChI is InChI=1S/C22H27N3O3/c1-3-24(16-21(26)23-18-8-6-9-19(15-18)28-2)13-12-22(27)25-14-11-17-7-4-5-10-20(17)25/h4-10,15H,3,11-14,16H2,1-2H3,(H,23,26). The number of nitrogens with one attached hydrogen (secondary N) is 1. The first kappa shape index (κ1) is 19.9. The molecule has 0 saturated heterocycles. The van der Waals surface area contributed by atoms with Crippen LogP contribution in [0.3, 0.4) is 0 Å². The number of fused-ring (bicyclic) bond motifs is 1. The Morgan fingerprint density at radius 1 is 1.18 bits per heavy atom. The second-order valence-electron chi connectivity index (χ2n) is 6.82. The first-order chi connectivity index (χ1) is 13.6. The van der Waals surface area contributed by atoms with Crippen LogP contribution in [0.5, 0.6) is 5.75 Å². The SMILES string of the molecule is CCN(CCC(=O)N1CCc2ccccc21)CC(=O)Nc1cccc(OC)c1. The molecule has 1 heterocycles. The Morgan fingerprint density at radius 3 is 2.79 bits per heavy atom. The van der Waals surface area contributed by atoms with Crippen molar-refractivity contribution in [1.82, 2.24) is 4.90 Å². The van der Waals surface area contributed by atoms with Gasteiger partial charge in [-0.1, -0.05) is 31.2 Å². The molecule has 0 aromatic heterocycles. The summed E-state index contributed by atoms with van der Waals surface area (Å²) in [4.78, 5) is 28.9. The lowest BCUT2D eigenvalue weighted by molar-refractivity contribution is -0.120. The van der Waals surface area contributed by atoms with E-state index in [1.807, 2.05) is 53.1 Å². The van der Waals surface area contributed by atoms with Crippen LogP contribution in [0, 0.1) is 0 Å². The van der Waals surface area contributed by atoms with E-state index in [9.17, 15) is 9.59 Å². The summed E-state index contributed by atoms with van der Waals surface area (Å²) in [6.45, 7) is 4.24. The van der Waals surface area contributed by atoms with Crippen LogP contribution in [0.15, 0.2) is 48.5 Å². The molecule has 1 aliphatic rings. The fourth-order valence-electron chi connectivity index (χ4n) is 3.44. The lowest BCUT2D eigenvalue weighted by atomic mass is 10.2. The zero-order valence-corrected chi connectivity index (χ0v) is 16.5. The fraction of sp³-hybridized carbons (Fsp3) is 0.364. The highest BCUT2D eigenvalue weighted by atomic mass is 16.5. The number of carbonyl (C=O) groups excluding carboxylic acids is 2. The first-order valence-corrected chi connectivity index (χ1v) is 9.65. The molecule has 0 unspecified atom stereocenters. The maximum absolute atomic E-state index is 12.7. The molecular weight excluding hydrogens is 354 g/mol. The van der Waals surface area contributed by atoms with Gasteiger partial charge in [-0.3, -0.25) is 14.5 Å². The van der Waals surface area contributed by atoms with Gasteiger partial charge in [-0.2, -0.15) is 0 Å². The molecule has 1 aliphatic heterocycles. The van der Waals surface area contributed by atoms with Gasteiger partial charge >= 0.3 is 0 Å². The molecule has 148 valence electrons. The van der Waals surface area contributed by atoms with Gasteiger partial charge in [-0.15, -0.1) is 0 Å². The zero-order valence-electron chi connectivity index (χ0n) is 16.5. The van der Waals surface area contributed by atoms with Crippen molar-refractivity contribution in [2.24, 2.45) is 0 Å². The fourth-order valence-corrected chi connectivity index (χ4v) is 3.44. The van der Waals surface area contributed by atoms with Crippen molar-refractivity contribution in [3.05, 3.63) is 54.1 Å². The maximum Gasteiger partial charge on any atom is 0.238 e. The smallest absolute Gasteiger partial charge is 0.238 e. The number of nitrogens with zero attached hydrogens (tertiary/aromatic N) is 2. The molecular formula is C22H27N3O3. The van der Waals surface area contributed by atoms with E-state index in [-0.39, 0.29) is 18.4 Å². The number of hydrogen-bond donors (Lipinski definition) is 1. The molecule has 28 heavy (non-hydrogen) atoms. The van der Waals surface area contributed by atoms with Crippen molar-refractivity contribution in [1.29, 1.82) is 0 Å². The van der Waals surface area contributed by atoms with Gasteiger partial charge in [0.2, 0.25) is 11.8 Å². The molecule has 0 atom stereocenters. The van der Waals surface area contributed by atoms with Crippen molar-refractivity contribution >= 4 is 23.2 Å². The molecule has 6 nitrogen and oxygen atoms in total. The van der Waals surface area contributed by atoms with Gasteiger partial charge in [-0.25, -0.2) is 0 Å². The Balaban J connectivity index is 1.50. The summed E-state index contributed by atoms with van der Waals surface area (Å²) in [5.41, 5.74) is 2.94. The van der Waals surface area contributed by atoms with E-state index in [1.54, 1.807) is 13.2 Å². The number of methoxy groups -OCH3 is 1. The largest absolute Gasteiger partial charge is 0.497 e. The summed E-state index contributed by atoms with van der Waals surface area (Å²) in [6, 6.07) is 15.3. The van der Waals surface area contributed by atoms with Gasteiger partial charge in [0, 0.05) is 37.0 Å². The Morgan fingerprint density at radius 2 is 2.00 bits per heavy atom. The van der Waals surface area contributed by atoms with Crippen molar-refractivity contribution < 1.29 is 14.3 Å². The van der Waals surface area contributed by atoms with E-state index in [4.69, 9.17) is 4.74 Å². The van der Waals surface area contributed by atoms with Gasteiger partial charge in [0.1, 0.15) is 5.75 Å². The lowest BCUT2D eigenvalue weighted by Crippen LogP contribution is -2.37. The Bertz CT molecular complexity index is 837. The van der Waals surface area contributed by atoms with Gasteiger partial charge < -0.3 is 15.0 Å². The number of ether oxygens (including phenoxy) is 1. The molecule has 2 aromatic carbocycles. The van der Waals surface area contributed by atoms with Crippen molar-refractivity contribution in [3.63, 3.8) is 0 Å². The van der Waals surface area contributed by atoms with Gasteiger partial charge in [0.25, 0.3) is 0 Å². The Labute approximate surface area is 166 Å². The predicted octanol–water partition coefficient (Wildman–Crippen LogP) is 2.94. The van der Waals surface area contributed by atoms with Crippen LogP contribution in [-0.4, -0.2) is 50.0 Å². The van der Waals surface area contributed by atoms with E-state index >= 15 is 0 Å². The van der Waals surface area contributed by atoms with Crippen LogP contribution in [0.4, 0.5) is 11.4 Å². The summed E-state index contributed by atoms with van der Waals surface area (Å²) < 4.78 is 5.17. The number of hydrogen-bond acceptors (Lipinski definition) is 4. The molecule has 0 radical (unpaired) electrons. The number of amides is 2. The summed E-state index contributed by atoms with van der Waals surface area (Å²) in [6.07, 6.45) is 1.30. The third-order valence-corrected chi connectivity index (χ3v) is 5.00. The predicted molar refractivity (Wildman–Crippen MR) is 111 cm³/mol. The van der Waals surface area contributed by atoms with Crippen molar-refractivity contribution in [2.75, 3.05) is 43.5 Å². The number of benzene rings is 2. The number of anilines is 2. The third kappa shape index (κ3) is 4.89. The highest BCUT2D eigenvalue weighted by molar-refractivity contribution is 5.95. The molecule has 0 saturated carbocycles. The van der Waals surface area contributed by atoms with Crippen molar-refractivity contribution in [2.45, 2.75) is 19.8 Å². The monoisotopic (exact) mass is 381 g/mol. The van der Waals surface area contributed by atoms with E-state index in [2.05, 4.69) is 11.4 Å². The molecule has 2 aromatic rings. The van der Waals surface area contributed by atoms with Crippen LogP contribution in [0.1, 0.15) is 18.9 Å². The van der Waals surface area contributed by atoms with Gasteiger partial charge in [0.15, 0.2) is 0 Å². The number of likely N-dealkylation sites (N-methyl/N-ethyl adjacent to an activating group) is 1. The molecule has 0 fully saturated rings. The highest BCUT2D eigenvalue weighted by Gasteiger charge is 2.24. The van der Waals surface area contributed by atoms with E-state index in [0.29, 0.717) is 30.9 Å². The average Bonchev–Trinajstić information content (AvgIpc) is 3.15. The molecule has 0 bridgehead atoms. The maximum atomic E-state index is 12.7. The molecule has 3 rings (SSSR count). The molecule has 0 spiro atoms. The molecule has 1 N–H and O–H groups in total.